The quantitative estimate of drug-likeness (QED) is 0.302. The summed E-state index contributed by atoms with van der Waals surface area (Å²) in [6, 6.07) is 16.3. The molecule has 1 aliphatic carbocycles. The number of hydrogen-bond acceptors (Lipinski definition) is 5. The van der Waals surface area contributed by atoms with Gasteiger partial charge in [-0.2, -0.15) is 5.26 Å². The van der Waals surface area contributed by atoms with Gasteiger partial charge in [0.1, 0.15) is 11.8 Å². The van der Waals surface area contributed by atoms with Crippen molar-refractivity contribution >= 4 is 51.2 Å². The van der Waals surface area contributed by atoms with Crippen molar-refractivity contribution in [3.63, 3.8) is 0 Å². The smallest absolute Gasteiger partial charge is 0.311 e. The van der Waals surface area contributed by atoms with Crippen molar-refractivity contribution in [3.8, 4) is 17.7 Å². The van der Waals surface area contributed by atoms with E-state index in [1.807, 2.05) is 50.2 Å². The standard InChI is InChI=1S/C21H18I2N2O3/c1-21(2)14(11-17(22)23)19(21)20(26)28-16(12-24)15-9-6-10-18(25-15)27-13-7-4-3-5-8-13/h3-11,14,16,19H,1-2H3/t14-,16?,19-/m0/s1. The Morgan fingerprint density at radius 2 is 1.93 bits per heavy atom. The van der Waals surface area contributed by atoms with E-state index in [0.717, 1.165) is 1.59 Å². The summed E-state index contributed by atoms with van der Waals surface area (Å²) < 4.78 is 12.3. The van der Waals surface area contributed by atoms with Crippen molar-refractivity contribution in [1.82, 2.24) is 4.98 Å². The van der Waals surface area contributed by atoms with Crippen LogP contribution in [0.25, 0.3) is 0 Å². The predicted molar refractivity (Wildman–Crippen MR) is 122 cm³/mol. The Kier molecular flexibility index (Phi) is 6.60. The number of nitriles is 1. The fourth-order valence-electron chi connectivity index (χ4n) is 3.16. The second kappa shape index (κ2) is 8.78. The number of nitrogens with zero attached hydrogens (tertiary/aromatic N) is 2. The van der Waals surface area contributed by atoms with E-state index in [0.29, 0.717) is 17.3 Å². The summed E-state index contributed by atoms with van der Waals surface area (Å²) in [7, 11) is 0. The number of ether oxygens (including phenoxy) is 2. The monoisotopic (exact) mass is 600 g/mol. The van der Waals surface area contributed by atoms with E-state index in [2.05, 4.69) is 56.2 Å². The Morgan fingerprint density at radius 1 is 1.21 bits per heavy atom. The first-order chi connectivity index (χ1) is 13.3. The minimum atomic E-state index is -1.08. The van der Waals surface area contributed by atoms with Crippen molar-refractivity contribution < 1.29 is 14.3 Å². The molecule has 5 nitrogen and oxygen atoms in total. The highest BCUT2D eigenvalue weighted by molar-refractivity contribution is 14.2. The highest BCUT2D eigenvalue weighted by Gasteiger charge is 2.61. The largest absolute Gasteiger partial charge is 0.440 e. The summed E-state index contributed by atoms with van der Waals surface area (Å²) in [6.07, 6.45) is 0.993. The molecule has 2 aromatic rings. The summed E-state index contributed by atoms with van der Waals surface area (Å²) >= 11 is 4.44. The van der Waals surface area contributed by atoms with Gasteiger partial charge in [0.15, 0.2) is 0 Å². The van der Waals surface area contributed by atoms with Crippen LogP contribution in [-0.4, -0.2) is 11.0 Å². The molecule has 7 heteroatoms. The van der Waals surface area contributed by atoms with Gasteiger partial charge in [0.25, 0.3) is 0 Å². The molecule has 0 N–H and O–H groups in total. The average molecular weight is 600 g/mol. The summed E-state index contributed by atoms with van der Waals surface area (Å²) in [5, 5.41) is 9.53. The first kappa shape index (κ1) is 21.0. The fraction of sp³-hybridized carbons (Fsp3) is 0.286. The van der Waals surface area contributed by atoms with E-state index in [1.165, 1.54) is 0 Å². The number of carbonyl (C=O) groups is 1. The van der Waals surface area contributed by atoms with E-state index in [1.54, 1.807) is 18.2 Å². The number of para-hydroxylation sites is 1. The number of esters is 1. The highest BCUT2D eigenvalue weighted by atomic mass is 127. The second-order valence-corrected chi connectivity index (χ2v) is 11.4. The zero-order chi connectivity index (χ0) is 20.3. The van der Waals surface area contributed by atoms with Crippen LogP contribution >= 0.6 is 45.2 Å². The van der Waals surface area contributed by atoms with Gasteiger partial charge in [-0.05, 0) is 74.7 Å². The minimum absolute atomic E-state index is 0.115. The van der Waals surface area contributed by atoms with Crippen molar-refractivity contribution in [2.75, 3.05) is 0 Å². The molecule has 0 saturated heterocycles. The number of aromatic nitrogens is 1. The summed E-state index contributed by atoms with van der Waals surface area (Å²) in [6.45, 7) is 4.06. The number of halogens is 2. The third kappa shape index (κ3) is 4.84. The first-order valence-corrected chi connectivity index (χ1v) is 10.8. The molecule has 144 valence electrons. The maximum absolute atomic E-state index is 12.7. The van der Waals surface area contributed by atoms with Crippen LogP contribution in [0.4, 0.5) is 0 Å². The topological polar surface area (TPSA) is 72.2 Å². The van der Waals surface area contributed by atoms with Gasteiger partial charge in [-0.15, -0.1) is 0 Å². The van der Waals surface area contributed by atoms with Crippen LogP contribution in [0, 0.1) is 28.6 Å². The molecule has 0 spiro atoms. The Balaban J connectivity index is 1.72. The van der Waals surface area contributed by atoms with Crippen molar-refractivity contribution in [1.29, 1.82) is 5.26 Å². The van der Waals surface area contributed by atoms with Crippen LogP contribution in [0.15, 0.2) is 56.2 Å². The third-order valence-corrected chi connectivity index (χ3v) is 5.52. The number of benzene rings is 1. The molecule has 1 aliphatic rings. The maximum Gasteiger partial charge on any atom is 0.311 e. The Labute approximate surface area is 191 Å². The van der Waals surface area contributed by atoms with Crippen molar-refractivity contribution in [2.45, 2.75) is 20.0 Å². The Bertz CT molecular complexity index is 934. The third-order valence-electron chi connectivity index (χ3n) is 4.80. The van der Waals surface area contributed by atoms with E-state index in [-0.39, 0.29) is 23.2 Å². The number of pyridine rings is 1. The molecule has 1 aromatic carbocycles. The summed E-state index contributed by atoms with van der Waals surface area (Å²) in [5.41, 5.74) is 0.169. The first-order valence-electron chi connectivity index (χ1n) is 8.65. The molecule has 1 unspecified atom stereocenters. The molecule has 3 rings (SSSR count). The number of carbonyl (C=O) groups excluding carboxylic acids is 1. The highest BCUT2D eigenvalue weighted by Crippen LogP contribution is 2.60. The molecule has 28 heavy (non-hydrogen) atoms. The van der Waals surface area contributed by atoms with Gasteiger partial charge in [0, 0.05) is 7.65 Å². The maximum atomic E-state index is 12.7. The zero-order valence-electron chi connectivity index (χ0n) is 15.3. The van der Waals surface area contributed by atoms with Crippen LogP contribution in [0.1, 0.15) is 25.6 Å². The Hall–Kier alpha value is -1.67. The van der Waals surface area contributed by atoms with E-state index < -0.39 is 6.10 Å². The minimum Gasteiger partial charge on any atom is -0.440 e. The Morgan fingerprint density at radius 3 is 2.57 bits per heavy atom. The molecular weight excluding hydrogens is 582 g/mol. The van der Waals surface area contributed by atoms with Gasteiger partial charge in [0.2, 0.25) is 12.0 Å². The summed E-state index contributed by atoms with van der Waals surface area (Å²) in [4.78, 5) is 17.0. The average Bonchev–Trinajstić information content (AvgIpc) is 3.20. The van der Waals surface area contributed by atoms with Crippen LogP contribution in [0.2, 0.25) is 0 Å². The van der Waals surface area contributed by atoms with E-state index in [4.69, 9.17) is 9.47 Å². The molecule has 0 bridgehead atoms. The molecule has 3 atom stereocenters. The lowest BCUT2D eigenvalue weighted by atomic mass is 10.1. The molecular formula is C21H18I2N2O3. The molecule has 1 heterocycles. The fourth-order valence-corrected chi connectivity index (χ4v) is 3.93. The number of allylic oxidation sites excluding steroid dienone is 1. The molecule has 1 aromatic heterocycles. The van der Waals surface area contributed by atoms with Crippen LogP contribution in [-0.2, 0) is 9.53 Å². The second-order valence-electron chi connectivity index (χ2n) is 7.04. The van der Waals surface area contributed by atoms with E-state index in [9.17, 15) is 10.1 Å². The lowest BCUT2D eigenvalue weighted by molar-refractivity contribution is -0.149. The van der Waals surface area contributed by atoms with Crippen molar-refractivity contribution in [2.24, 2.45) is 17.3 Å². The van der Waals surface area contributed by atoms with Crippen LogP contribution in [0.3, 0.4) is 0 Å². The van der Waals surface area contributed by atoms with Gasteiger partial charge in [-0.3, -0.25) is 4.79 Å². The molecule has 1 fully saturated rings. The van der Waals surface area contributed by atoms with Gasteiger partial charge in [0.05, 0.1) is 11.6 Å². The lowest BCUT2D eigenvalue weighted by Gasteiger charge is -2.12. The summed E-state index contributed by atoms with van der Waals surface area (Å²) in [5.74, 6) is 0.464. The normalized spacial score (nSPS) is 20.4. The molecule has 0 aliphatic heterocycles. The SMILES string of the molecule is CC1(C)[C@H](C(=O)OC(C#N)c2cccc(Oc3ccccc3)n2)[C@@H]1C=C(I)I. The molecule has 0 radical (unpaired) electrons. The van der Waals surface area contributed by atoms with Gasteiger partial charge >= 0.3 is 5.97 Å². The number of hydrogen-bond donors (Lipinski definition) is 0. The lowest BCUT2D eigenvalue weighted by Crippen LogP contribution is -2.15. The van der Waals surface area contributed by atoms with Gasteiger partial charge in [-0.1, -0.05) is 44.2 Å². The van der Waals surface area contributed by atoms with E-state index >= 15 is 0 Å². The molecule has 0 amide bonds. The van der Waals surface area contributed by atoms with Gasteiger partial charge in [-0.25, -0.2) is 4.98 Å². The molecule has 1 saturated carbocycles. The van der Waals surface area contributed by atoms with Crippen LogP contribution < -0.4 is 4.74 Å². The predicted octanol–water partition coefficient (Wildman–Crippen LogP) is 5.97. The zero-order valence-corrected chi connectivity index (χ0v) is 19.6. The van der Waals surface area contributed by atoms with Crippen molar-refractivity contribution in [3.05, 3.63) is 61.9 Å². The van der Waals surface area contributed by atoms with Gasteiger partial charge < -0.3 is 9.47 Å². The van der Waals surface area contributed by atoms with Crippen LogP contribution in [0.5, 0.6) is 11.6 Å². The number of rotatable bonds is 6.